The summed E-state index contributed by atoms with van der Waals surface area (Å²) in [5.41, 5.74) is 1.94. The Balaban J connectivity index is 1.85. The molecule has 2 heterocycles. The molecule has 1 aromatic carbocycles. The molecule has 0 atom stereocenters. The van der Waals surface area contributed by atoms with E-state index in [4.69, 9.17) is 4.74 Å². The van der Waals surface area contributed by atoms with E-state index in [2.05, 4.69) is 21.5 Å². The highest BCUT2D eigenvalue weighted by atomic mass is 16.5. The topological polar surface area (TPSA) is 51.5 Å². The van der Waals surface area contributed by atoms with Crippen molar-refractivity contribution in [2.45, 2.75) is 6.54 Å². The third-order valence-electron chi connectivity index (χ3n) is 2.73. The first kappa shape index (κ1) is 11.7. The molecule has 0 aliphatic carbocycles. The number of hydrogen-bond acceptors (Lipinski definition) is 4. The van der Waals surface area contributed by atoms with Gasteiger partial charge < -0.3 is 10.1 Å². The first-order valence-electron chi connectivity index (χ1n) is 6.07. The van der Waals surface area contributed by atoms with E-state index in [1.807, 2.05) is 37.5 Å². The number of rotatable bonds is 4. The summed E-state index contributed by atoms with van der Waals surface area (Å²) in [7, 11) is 1.92. The minimum Gasteiger partial charge on any atom is -0.439 e. The van der Waals surface area contributed by atoms with Crippen LogP contribution in [0.15, 0.2) is 48.8 Å². The maximum atomic E-state index is 5.76. The Morgan fingerprint density at radius 2 is 2.21 bits per heavy atom. The van der Waals surface area contributed by atoms with E-state index in [0.29, 0.717) is 5.88 Å². The Morgan fingerprint density at radius 3 is 3.11 bits per heavy atom. The molecule has 19 heavy (non-hydrogen) atoms. The van der Waals surface area contributed by atoms with Crippen molar-refractivity contribution in [3.05, 3.63) is 54.4 Å². The van der Waals surface area contributed by atoms with Crippen LogP contribution in [-0.4, -0.2) is 21.6 Å². The average Bonchev–Trinajstić information content (AvgIpc) is 2.87. The average molecular weight is 254 g/mol. The Labute approximate surface area is 110 Å². The summed E-state index contributed by atoms with van der Waals surface area (Å²) in [5, 5.41) is 7.21. The Kier molecular flexibility index (Phi) is 3.12. The van der Waals surface area contributed by atoms with Gasteiger partial charge in [-0.25, -0.2) is 4.52 Å². The predicted molar refractivity (Wildman–Crippen MR) is 72.3 cm³/mol. The van der Waals surface area contributed by atoms with Gasteiger partial charge in [0, 0.05) is 24.9 Å². The minimum absolute atomic E-state index is 0.564. The Morgan fingerprint density at radius 1 is 1.26 bits per heavy atom. The van der Waals surface area contributed by atoms with Crippen molar-refractivity contribution in [2.24, 2.45) is 0 Å². The smallest absolute Gasteiger partial charge is 0.222 e. The molecule has 3 rings (SSSR count). The Hall–Kier alpha value is -2.40. The molecule has 0 fully saturated rings. The number of benzene rings is 1. The lowest BCUT2D eigenvalue weighted by Crippen LogP contribution is -2.04. The van der Waals surface area contributed by atoms with Crippen LogP contribution in [-0.2, 0) is 6.54 Å². The molecule has 0 unspecified atom stereocenters. The van der Waals surface area contributed by atoms with E-state index in [-0.39, 0.29) is 0 Å². The molecule has 0 bridgehead atoms. The van der Waals surface area contributed by atoms with Crippen molar-refractivity contribution in [2.75, 3.05) is 7.05 Å². The first-order valence-corrected chi connectivity index (χ1v) is 6.07. The third kappa shape index (κ3) is 2.56. The summed E-state index contributed by atoms with van der Waals surface area (Å²) in [5.74, 6) is 1.35. The predicted octanol–water partition coefficient (Wildman–Crippen LogP) is 2.24. The second kappa shape index (κ2) is 5.07. The van der Waals surface area contributed by atoms with Gasteiger partial charge in [-0.15, -0.1) is 0 Å². The Bertz CT molecular complexity index is 692. The van der Waals surface area contributed by atoms with Gasteiger partial charge in [0.25, 0.3) is 0 Å². The van der Waals surface area contributed by atoms with Gasteiger partial charge in [-0.3, -0.25) is 0 Å². The van der Waals surface area contributed by atoms with Crippen molar-refractivity contribution >= 4 is 5.65 Å². The lowest BCUT2D eigenvalue weighted by Gasteiger charge is -2.07. The first-order chi connectivity index (χ1) is 9.35. The van der Waals surface area contributed by atoms with E-state index in [0.717, 1.165) is 17.9 Å². The van der Waals surface area contributed by atoms with Crippen molar-refractivity contribution in [3.8, 4) is 11.6 Å². The van der Waals surface area contributed by atoms with Gasteiger partial charge in [-0.1, -0.05) is 12.1 Å². The molecule has 0 aliphatic rings. The largest absolute Gasteiger partial charge is 0.439 e. The van der Waals surface area contributed by atoms with Crippen LogP contribution in [0.4, 0.5) is 0 Å². The SMILES string of the molecule is CNCc1cccc(Oc2ccn3nccc3n2)c1. The molecule has 0 radical (unpaired) electrons. The summed E-state index contributed by atoms with van der Waals surface area (Å²) in [6, 6.07) is 11.6. The molecule has 5 heteroatoms. The van der Waals surface area contributed by atoms with Gasteiger partial charge in [0.15, 0.2) is 5.65 Å². The fourth-order valence-electron chi connectivity index (χ4n) is 1.90. The maximum absolute atomic E-state index is 5.76. The van der Waals surface area contributed by atoms with E-state index >= 15 is 0 Å². The van der Waals surface area contributed by atoms with Gasteiger partial charge in [-0.05, 0) is 24.7 Å². The van der Waals surface area contributed by atoms with Crippen molar-refractivity contribution in [1.29, 1.82) is 0 Å². The van der Waals surface area contributed by atoms with E-state index < -0.39 is 0 Å². The summed E-state index contributed by atoms with van der Waals surface area (Å²) in [4.78, 5) is 4.37. The molecule has 0 saturated heterocycles. The lowest BCUT2D eigenvalue weighted by atomic mass is 10.2. The maximum Gasteiger partial charge on any atom is 0.222 e. The number of nitrogens with one attached hydrogen (secondary N) is 1. The molecule has 0 saturated carbocycles. The zero-order valence-corrected chi connectivity index (χ0v) is 10.6. The highest BCUT2D eigenvalue weighted by Gasteiger charge is 2.02. The van der Waals surface area contributed by atoms with Crippen LogP contribution >= 0.6 is 0 Å². The monoisotopic (exact) mass is 254 g/mol. The zero-order chi connectivity index (χ0) is 13.1. The van der Waals surface area contributed by atoms with E-state index in [1.165, 1.54) is 5.56 Å². The van der Waals surface area contributed by atoms with Crippen molar-refractivity contribution in [3.63, 3.8) is 0 Å². The molecular formula is C14H14N4O. The third-order valence-corrected chi connectivity index (χ3v) is 2.73. The highest BCUT2D eigenvalue weighted by Crippen LogP contribution is 2.20. The number of ether oxygens (including phenoxy) is 1. The van der Waals surface area contributed by atoms with Crippen LogP contribution in [0.25, 0.3) is 5.65 Å². The zero-order valence-electron chi connectivity index (χ0n) is 10.6. The molecule has 96 valence electrons. The standard InChI is InChI=1S/C14H14N4O/c1-15-10-11-3-2-4-12(9-11)19-14-6-8-18-13(17-14)5-7-16-18/h2-9,15H,10H2,1H3. The lowest BCUT2D eigenvalue weighted by molar-refractivity contribution is 0.462. The molecule has 0 spiro atoms. The van der Waals surface area contributed by atoms with Crippen LogP contribution in [0, 0.1) is 0 Å². The van der Waals surface area contributed by atoms with Gasteiger partial charge in [-0.2, -0.15) is 10.1 Å². The molecule has 0 amide bonds. The summed E-state index contributed by atoms with van der Waals surface area (Å²) in [6.45, 7) is 0.812. The molecular weight excluding hydrogens is 240 g/mol. The van der Waals surface area contributed by atoms with Crippen molar-refractivity contribution in [1.82, 2.24) is 19.9 Å². The quantitative estimate of drug-likeness (QED) is 0.775. The molecule has 5 nitrogen and oxygen atoms in total. The van der Waals surface area contributed by atoms with Crippen molar-refractivity contribution < 1.29 is 4.74 Å². The summed E-state index contributed by atoms with van der Waals surface area (Å²) >= 11 is 0. The molecule has 2 aromatic heterocycles. The van der Waals surface area contributed by atoms with Crippen LogP contribution in [0.1, 0.15) is 5.56 Å². The van der Waals surface area contributed by atoms with Gasteiger partial charge in [0.2, 0.25) is 5.88 Å². The molecule has 3 aromatic rings. The second-order valence-corrected chi connectivity index (χ2v) is 4.18. The van der Waals surface area contributed by atoms with Crippen LogP contribution in [0.3, 0.4) is 0 Å². The van der Waals surface area contributed by atoms with Crippen LogP contribution in [0.5, 0.6) is 11.6 Å². The number of hydrogen-bond donors (Lipinski definition) is 1. The normalized spacial score (nSPS) is 10.8. The van der Waals surface area contributed by atoms with E-state index in [1.54, 1.807) is 16.8 Å². The van der Waals surface area contributed by atoms with Crippen LogP contribution in [0.2, 0.25) is 0 Å². The van der Waals surface area contributed by atoms with Gasteiger partial charge in [0.05, 0.1) is 6.20 Å². The van der Waals surface area contributed by atoms with Gasteiger partial charge >= 0.3 is 0 Å². The fourth-order valence-corrected chi connectivity index (χ4v) is 1.90. The molecule has 0 aliphatic heterocycles. The minimum atomic E-state index is 0.564. The number of fused-ring (bicyclic) bond motifs is 1. The van der Waals surface area contributed by atoms with E-state index in [9.17, 15) is 0 Å². The van der Waals surface area contributed by atoms with Crippen LogP contribution < -0.4 is 10.1 Å². The number of aromatic nitrogens is 3. The fraction of sp³-hybridized carbons (Fsp3) is 0.143. The number of nitrogens with zero attached hydrogens (tertiary/aromatic N) is 3. The summed E-state index contributed by atoms with van der Waals surface area (Å²) in [6.07, 6.45) is 3.54. The highest BCUT2D eigenvalue weighted by molar-refractivity contribution is 5.39. The second-order valence-electron chi connectivity index (χ2n) is 4.18. The molecule has 1 N–H and O–H groups in total. The van der Waals surface area contributed by atoms with Gasteiger partial charge in [0.1, 0.15) is 5.75 Å². The summed E-state index contributed by atoms with van der Waals surface area (Å²) < 4.78 is 7.46.